The Kier molecular flexibility index (Phi) is 10.4. The van der Waals surface area contributed by atoms with E-state index in [-0.39, 0.29) is 35.7 Å². The predicted molar refractivity (Wildman–Crippen MR) is 241 cm³/mol. The summed E-state index contributed by atoms with van der Waals surface area (Å²) in [6.45, 7) is 4.70. The van der Waals surface area contributed by atoms with Crippen LogP contribution in [0.1, 0.15) is 68.4 Å². The van der Waals surface area contributed by atoms with Crippen LogP contribution >= 0.6 is 0 Å². The maximum absolute atomic E-state index is 14.2. The number of benzene rings is 5. The SMILES string of the molecule is COC[C@H]1C[C@@H](c2nc3c(ccc4cc(-c5ccc6c(ccc7[nH]c([C@@H]8C[C@H]9C[C@H]9N8C(=O)[C@@H](NC(=O)OC)C(C)C)nc76)c5)ccc43)[nH]2)N(C(=O)[C@H](NC(=O)O)c2ccccc2)C1. The molecule has 5 N–H and O–H groups in total. The molecule has 7 aromatic rings. The number of methoxy groups -OCH3 is 2. The van der Waals surface area contributed by atoms with Gasteiger partial charge in [-0.2, -0.15) is 0 Å². The van der Waals surface area contributed by atoms with E-state index >= 15 is 0 Å². The van der Waals surface area contributed by atoms with Crippen molar-refractivity contribution < 1.29 is 33.8 Å². The van der Waals surface area contributed by atoms with Gasteiger partial charge in [-0.1, -0.05) is 80.6 Å². The first-order valence-corrected chi connectivity index (χ1v) is 21.8. The number of aromatic amines is 2. The summed E-state index contributed by atoms with van der Waals surface area (Å²) < 4.78 is 10.3. The lowest BCUT2D eigenvalue weighted by Gasteiger charge is -2.31. The number of hydrogen-bond acceptors (Lipinski definition) is 8. The monoisotopic (exact) mass is 862 g/mol. The maximum atomic E-state index is 14.2. The number of rotatable bonds is 11. The second-order valence-electron chi connectivity index (χ2n) is 17.8. The van der Waals surface area contributed by atoms with E-state index in [1.807, 2.05) is 36.9 Å². The van der Waals surface area contributed by atoms with Crippen molar-refractivity contribution in [3.05, 3.63) is 108 Å². The van der Waals surface area contributed by atoms with E-state index in [9.17, 15) is 24.3 Å². The Bertz CT molecular complexity index is 2970. The number of nitrogens with zero attached hydrogens (tertiary/aromatic N) is 4. The smallest absolute Gasteiger partial charge is 0.407 e. The standard InChI is InChI=1S/C49H50N8O7/c1-25(2)40(55-49(62)64-4)47(59)57-37-21-32(37)22-39(57)45-51-36-17-13-31-20-29(11-15-34(31)43(36)53-45)28-10-14-33-30(19-28)12-16-35-42(33)52-44(50-35)38-18-26(24-63-3)23-56(38)46(58)41(54-48(60)61)27-8-6-5-7-9-27/h5-17,19-20,25-26,32,37-41,54H,18,21-24H2,1-4H3,(H,50,52)(H,51,53)(H,55,62)(H,60,61)/t26-,32+,37+,38-,39-,40-,41+/m0/s1. The summed E-state index contributed by atoms with van der Waals surface area (Å²) in [4.78, 5) is 73.2. The number of imidazole rings is 2. The van der Waals surface area contributed by atoms with Gasteiger partial charge in [-0.15, -0.1) is 0 Å². The van der Waals surface area contributed by atoms with E-state index in [1.165, 1.54) is 7.11 Å². The minimum atomic E-state index is -1.28. The van der Waals surface area contributed by atoms with Crippen LogP contribution in [0.25, 0.3) is 54.7 Å². The van der Waals surface area contributed by atoms with Gasteiger partial charge in [0.05, 0.1) is 47.9 Å². The molecular weight excluding hydrogens is 813 g/mol. The molecule has 1 saturated carbocycles. The molecule has 10 rings (SSSR count). The first-order valence-electron chi connectivity index (χ1n) is 21.8. The van der Waals surface area contributed by atoms with E-state index in [2.05, 4.69) is 69.1 Å². The predicted octanol–water partition coefficient (Wildman–Crippen LogP) is 8.00. The summed E-state index contributed by atoms with van der Waals surface area (Å²) in [5.74, 6) is 1.29. The van der Waals surface area contributed by atoms with Crippen LogP contribution in [-0.4, -0.2) is 98.3 Å². The zero-order chi connectivity index (χ0) is 44.4. The van der Waals surface area contributed by atoms with Gasteiger partial charge in [-0.3, -0.25) is 9.59 Å². The second kappa shape index (κ2) is 16.3. The third kappa shape index (κ3) is 7.32. The number of carboxylic acid groups (broad SMARTS) is 1. The van der Waals surface area contributed by atoms with Crippen LogP contribution < -0.4 is 10.6 Å². The van der Waals surface area contributed by atoms with Gasteiger partial charge in [0.25, 0.3) is 5.91 Å². The molecule has 2 saturated heterocycles. The minimum absolute atomic E-state index is 0.0421. The number of aromatic nitrogens is 4. The number of likely N-dealkylation sites (tertiary alicyclic amines) is 2. The molecule has 4 heterocycles. The minimum Gasteiger partial charge on any atom is -0.465 e. The first-order chi connectivity index (χ1) is 31.0. The summed E-state index contributed by atoms with van der Waals surface area (Å²) >= 11 is 0. The third-order valence-corrected chi connectivity index (χ3v) is 13.4. The van der Waals surface area contributed by atoms with Crippen molar-refractivity contribution in [1.82, 2.24) is 40.4 Å². The van der Waals surface area contributed by atoms with Crippen molar-refractivity contribution in [2.24, 2.45) is 17.8 Å². The van der Waals surface area contributed by atoms with Crippen LogP contribution in [0.5, 0.6) is 0 Å². The quantitative estimate of drug-likeness (QED) is 0.0857. The van der Waals surface area contributed by atoms with E-state index in [0.717, 1.165) is 73.4 Å². The van der Waals surface area contributed by atoms with Crippen molar-refractivity contribution in [3.63, 3.8) is 0 Å². The number of ether oxygens (including phenoxy) is 2. The van der Waals surface area contributed by atoms with Crippen LogP contribution in [0.4, 0.5) is 9.59 Å². The summed E-state index contributed by atoms with van der Waals surface area (Å²) in [5.41, 5.74) is 6.03. The van der Waals surface area contributed by atoms with Gasteiger partial charge in [-0.05, 0) is 82.8 Å². The van der Waals surface area contributed by atoms with E-state index < -0.39 is 30.3 Å². The molecule has 7 atom stereocenters. The number of carbonyl (C=O) groups is 4. The molecule has 0 radical (unpaired) electrons. The van der Waals surface area contributed by atoms with Gasteiger partial charge in [0.15, 0.2) is 0 Å². The molecule has 2 aromatic heterocycles. The van der Waals surface area contributed by atoms with Gasteiger partial charge in [0, 0.05) is 36.4 Å². The van der Waals surface area contributed by atoms with E-state index in [0.29, 0.717) is 36.9 Å². The van der Waals surface area contributed by atoms with E-state index in [4.69, 9.17) is 19.4 Å². The lowest BCUT2D eigenvalue weighted by atomic mass is 9.98. The molecule has 64 heavy (non-hydrogen) atoms. The van der Waals surface area contributed by atoms with E-state index in [1.54, 1.807) is 36.3 Å². The number of alkyl carbamates (subject to hydrolysis) is 1. The number of piperidine rings is 1. The van der Waals surface area contributed by atoms with Crippen LogP contribution in [0.3, 0.4) is 0 Å². The Balaban J connectivity index is 0.927. The lowest BCUT2D eigenvalue weighted by Crippen LogP contribution is -2.52. The fraction of sp³-hybridized carbons (Fsp3) is 0.347. The van der Waals surface area contributed by atoms with Gasteiger partial charge < -0.3 is 45.0 Å². The summed E-state index contributed by atoms with van der Waals surface area (Å²) in [6.07, 6.45) is 0.496. The largest absolute Gasteiger partial charge is 0.465 e. The number of H-pyrrole nitrogens is 2. The first kappa shape index (κ1) is 41.0. The Labute approximate surface area is 368 Å². The van der Waals surface area contributed by atoms with Crippen molar-refractivity contribution in [3.8, 4) is 11.1 Å². The van der Waals surface area contributed by atoms with Gasteiger partial charge >= 0.3 is 12.2 Å². The molecule has 15 nitrogen and oxygen atoms in total. The normalized spacial score (nSPS) is 21.4. The molecule has 5 aromatic carbocycles. The topological polar surface area (TPSA) is 195 Å². The maximum Gasteiger partial charge on any atom is 0.407 e. The van der Waals surface area contributed by atoms with Gasteiger partial charge in [0.2, 0.25) is 5.91 Å². The summed E-state index contributed by atoms with van der Waals surface area (Å²) in [6, 6.07) is 27.6. The molecule has 0 spiro atoms. The van der Waals surface area contributed by atoms with Crippen molar-refractivity contribution in [2.75, 3.05) is 27.4 Å². The number of hydrogen-bond donors (Lipinski definition) is 5. The molecule has 1 aliphatic carbocycles. The zero-order valence-corrected chi connectivity index (χ0v) is 36.0. The van der Waals surface area contributed by atoms with Crippen LogP contribution in [0.15, 0.2) is 91.0 Å². The Hall–Kier alpha value is -7.00. The van der Waals surface area contributed by atoms with Crippen molar-refractivity contribution in [2.45, 2.75) is 63.3 Å². The highest BCUT2D eigenvalue weighted by molar-refractivity contribution is 6.07. The molecule has 3 aliphatic rings. The van der Waals surface area contributed by atoms with Gasteiger partial charge in [-0.25, -0.2) is 19.6 Å². The molecule has 0 bridgehead atoms. The Morgan fingerprint density at radius 3 is 1.97 bits per heavy atom. The number of fused-ring (bicyclic) bond motifs is 7. The lowest BCUT2D eigenvalue weighted by molar-refractivity contribution is -0.137. The van der Waals surface area contributed by atoms with Crippen molar-refractivity contribution in [1.29, 1.82) is 0 Å². The van der Waals surface area contributed by atoms with Crippen LogP contribution in [0.2, 0.25) is 0 Å². The van der Waals surface area contributed by atoms with Crippen LogP contribution in [-0.2, 0) is 19.1 Å². The zero-order valence-electron chi connectivity index (χ0n) is 36.0. The highest BCUT2D eigenvalue weighted by Crippen LogP contribution is 2.53. The molecule has 15 heteroatoms. The highest BCUT2D eigenvalue weighted by atomic mass is 16.5. The summed E-state index contributed by atoms with van der Waals surface area (Å²) in [7, 11) is 2.94. The molecule has 4 amide bonds. The fourth-order valence-electron chi connectivity index (χ4n) is 10.2. The van der Waals surface area contributed by atoms with Crippen molar-refractivity contribution >= 4 is 67.6 Å². The highest BCUT2D eigenvalue weighted by Gasteiger charge is 2.56. The average molecular weight is 863 g/mol. The molecule has 3 fully saturated rings. The molecule has 2 aliphatic heterocycles. The fourth-order valence-corrected chi connectivity index (χ4v) is 10.2. The summed E-state index contributed by atoms with van der Waals surface area (Å²) in [5, 5.41) is 18.9. The number of nitrogens with one attached hydrogen (secondary N) is 4. The number of carbonyl (C=O) groups excluding carboxylic acids is 3. The van der Waals surface area contributed by atoms with Crippen LogP contribution in [0, 0.1) is 17.8 Å². The second-order valence-corrected chi connectivity index (χ2v) is 17.8. The van der Waals surface area contributed by atoms with Gasteiger partial charge in [0.1, 0.15) is 23.7 Å². The third-order valence-electron chi connectivity index (χ3n) is 13.4. The Morgan fingerprint density at radius 1 is 0.766 bits per heavy atom. The number of amides is 4. The Morgan fingerprint density at radius 2 is 1.39 bits per heavy atom. The average Bonchev–Trinajstić information content (AvgIpc) is 3.72. The molecule has 328 valence electrons. The molecule has 0 unspecified atom stereocenters. The molecular formula is C49H50N8O7.